The molecule has 2 N–H and O–H groups in total. The van der Waals surface area contributed by atoms with E-state index in [1.54, 1.807) is 6.07 Å². The molecule has 28 heavy (non-hydrogen) atoms. The van der Waals surface area contributed by atoms with Gasteiger partial charge in [0.1, 0.15) is 0 Å². The smallest absolute Gasteiger partial charge is 0.248 e. The number of fused-ring (bicyclic) bond motifs is 1. The Labute approximate surface area is 168 Å². The Morgan fingerprint density at radius 2 is 1.71 bits per heavy atom. The van der Waals surface area contributed by atoms with Crippen molar-refractivity contribution in [2.45, 2.75) is 38.5 Å². The van der Waals surface area contributed by atoms with Crippen molar-refractivity contribution < 1.29 is 9.59 Å². The first-order chi connectivity index (χ1) is 13.6. The van der Waals surface area contributed by atoms with Gasteiger partial charge in [0, 0.05) is 38.2 Å². The van der Waals surface area contributed by atoms with Crippen molar-refractivity contribution in [1.82, 2.24) is 9.80 Å². The van der Waals surface area contributed by atoms with Gasteiger partial charge in [-0.25, -0.2) is 0 Å². The molecule has 1 saturated carbocycles. The summed E-state index contributed by atoms with van der Waals surface area (Å²) in [7, 11) is 0. The van der Waals surface area contributed by atoms with Crippen LogP contribution < -0.4 is 5.73 Å². The van der Waals surface area contributed by atoms with Gasteiger partial charge in [0.25, 0.3) is 0 Å². The highest BCUT2D eigenvalue weighted by Crippen LogP contribution is 2.33. The van der Waals surface area contributed by atoms with Crippen molar-refractivity contribution in [2.75, 3.05) is 32.7 Å². The molecule has 3 aliphatic rings. The van der Waals surface area contributed by atoms with Gasteiger partial charge >= 0.3 is 0 Å². The van der Waals surface area contributed by atoms with Crippen LogP contribution in [0.1, 0.15) is 54.4 Å². The molecule has 4 rings (SSSR count). The minimum atomic E-state index is -0.370. The molecule has 5 nitrogen and oxygen atoms in total. The van der Waals surface area contributed by atoms with Crippen LogP contribution in [0.3, 0.4) is 0 Å². The van der Waals surface area contributed by atoms with Gasteiger partial charge in [-0.05, 0) is 61.6 Å². The number of benzene rings is 1. The van der Waals surface area contributed by atoms with Crippen molar-refractivity contribution >= 4 is 11.8 Å². The molecule has 0 aromatic heterocycles. The van der Waals surface area contributed by atoms with Crippen LogP contribution in [0.5, 0.6) is 0 Å². The van der Waals surface area contributed by atoms with Crippen molar-refractivity contribution in [1.29, 1.82) is 0 Å². The highest BCUT2D eigenvalue weighted by molar-refractivity contribution is 5.94. The molecule has 1 radical (unpaired) electrons. The van der Waals surface area contributed by atoms with Gasteiger partial charge < -0.3 is 15.5 Å². The van der Waals surface area contributed by atoms with E-state index in [4.69, 9.17) is 5.73 Å². The number of carbonyl (C=O) groups excluding carboxylic acids is 2. The molecule has 3 fully saturated rings. The second-order valence-electron chi connectivity index (χ2n) is 8.88. The summed E-state index contributed by atoms with van der Waals surface area (Å²) in [6, 6.07) is 7.52. The van der Waals surface area contributed by atoms with Crippen LogP contribution in [0.15, 0.2) is 24.3 Å². The van der Waals surface area contributed by atoms with Crippen LogP contribution in [0.2, 0.25) is 0 Å². The van der Waals surface area contributed by atoms with Gasteiger partial charge in [0.2, 0.25) is 11.8 Å². The monoisotopic (exact) mass is 382 g/mol. The van der Waals surface area contributed by atoms with Crippen molar-refractivity contribution in [3.8, 4) is 0 Å². The van der Waals surface area contributed by atoms with Gasteiger partial charge in [0.15, 0.2) is 0 Å². The topological polar surface area (TPSA) is 66.6 Å². The Balaban J connectivity index is 1.20. The third-order valence-corrected chi connectivity index (χ3v) is 6.89. The molecule has 1 unspecified atom stereocenters. The van der Waals surface area contributed by atoms with Gasteiger partial charge in [-0.1, -0.05) is 31.0 Å². The SMILES string of the molecule is NC(=O)c1ccccc1[CH]CCN1CC2CN(C(=O)CC3CCCC3)C[C@@H]2C1. The van der Waals surface area contributed by atoms with E-state index in [9.17, 15) is 9.59 Å². The van der Waals surface area contributed by atoms with E-state index >= 15 is 0 Å². The summed E-state index contributed by atoms with van der Waals surface area (Å²) in [6.45, 7) is 5.06. The molecule has 2 amide bonds. The molecule has 2 saturated heterocycles. The molecular weight excluding hydrogens is 350 g/mol. The average Bonchev–Trinajstić information content (AvgIpc) is 3.38. The fourth-order valence-electron chi connectivity index (χ4n) is 5.37. The third kappa shape index (κ3) is 4.40. The van der Waals surface area contributed by atoms with Gasteiger partial charge in [-0.3, -0.25) is 9.59 Å². The summed E-state index contributed by atoms with van der Waals surface area (Å²) in [5, 5.41) is 0. The lowest BCUT2D eigenvalue weighted by Crippen LogP contribution is -2.34. The highest BCUT2D eigenvalue weighted by Gasteiger charge is 2.41. The van der Waals surface area contributed by atoms with Crippen LogP contribution >= 0.6 is 0 Å². The van der Waals surface area contributed by atoms with Crippen LogP contribution in [0.4, 0.5) is 0 Å². The van der Waals surface area contributed by atoms with E-state index in [0.29, 0.717) is 29.2 Å². The molecule has 2 atom stereocenters. The predicted molar refractivity (Wildman–Crippen MR) is 110 cm³/mol. The number of amides is 2. The number of carbonyl (C=O) groups is 2. The van der Waals surface area contributed by atoms with Crippen LogP contribution in [0.25, 0.3) is 0 Å². The second kappa shape index (κ2) is 8.64. The molecule has 1 aromatic rings. The normalized spacial score (nSPS) is 25.4. The zero-order chi connectivity index (χ0) is 19.5. The lowest BCUT2D eigenvalue weighted by molar-refractivity contribution is -0.131. The maximum atomic E-state index is 12.6. The van der Waals surface area contributed by atoms with E-state index in [1.807, 2.05) is 18.2 Å². The minimum absolute atomic E-state index is 0.370. The number of rotatable bonds is 7. The van der Waals surface area contributed by atoms with Crippen molar-refractivity contribution in [3.05, 3.63) is 41.8 Å². The number of likely N-dealkylation sites (tertiary alicyclic amines) is 2. The largest absolute Gasteiger partial charge is 0.366 e. The molecule has 151 valence electrons. The Morgan fingerprint density at radius 1 is 1.04 bits per heavy atom. The predicted octanol–water partition coefficient (Wildman–Crippen LogP) is 2.70. The molecule has 2 heterocycles. The molecule has 1 aliphatic carbocycles. The Hall–Kier alpha value is -1.88. The lowest BCUT2D eigenvalue weighted by atomic mass is 10.0. The van der Waals surface area contributed by atoms with Gasteiger partial charge in [0.05, 0.1) is 0 Å². The number of nitrogens with zero attached hydrogens (tertiary/aromatic N) is 2. The maximum absolute atomic E-state index is 12.6. The zero-order valence-corrected chi connectivity index (χ0v) is 16.7. The van der Waals surface area contributed by atoms with Gasteiger partial charge in [-0.15, -0.1) is 0 Å². The average molecular weight is 383 g/mol. The molecular formula is C23H32N3O2. The first kappa shape index (κ1) is 19.4. The molecule has 5 heteroatoms. The lowest BCUT2D eigenvalue weighted by Gasteiger charge is -2.22. The zero-order valence-electron chi connectivity index (χ0n) is 16.7. The summed E-state index contributed by atoms with van der Waals surface area (Å²) in [5.74, 6) is 1.92. The summed E-state index contributed by atoms with van der Waals surface area (Å²) < 4.78 is 0. The summed E-state index contributed by atoms with van der Waals surface area (Å²) >= 11 is 0. The summed E-state index contributed by atoms with van der Waals surface area (Å²) in [5.41, 5.74) is 6.98. The molecule has 2 aliphatic heterocycles. The summed E-state index contributed by atoms with van der Waals surface area (Å²) in [6.07, 6.45) is 8.90. The number of hydrogen-bond donors (Lipinski definition) is 1. The van der Waals surface area contributed by atoms with Crippen LogP contribution in [-0.4, -0.2) is 54.3 Å². The third-order valence-electron chi connectivity index (χ3n) is 6.89. The Bertz CT molecular complexity index is 700. The van der Waals surface area contributed by atoms with Crippen LogP contribution in [-0.2, 0) is 4.79 Å². The standard InChI is InChI=1S/C23H32N3O2/c24-23(28)21-10-4-3-8-18(21)9-5-11-25-13-19-15-26(16-20(19)14-25)22(27)12-17-6-1-2-7-17/h3-4,8-10,17,19-20H,1-2,5-7,11-16H2,(H2,24,28)/t19-,20?/m0/s1. The maximum Gasteiger partial charge on any atom is 0.248 e. The second-order valence-corrected chi connectivity index (χ2v) is 8.88. The van der Waals surface area contributed by atoms with E-state index in [1.165, 1.54) is 25.7 Å². The van der Waals surface area contributed by atoms with Gasteiger partial charge in [-0.2, -0.15) is 0 Å². The van der Waals surface area contributed by atoms with E-state index in [2.05, 4.69) is 16.2 Å². The highest BCUT2D eigenvalue weighted by atomic mass is 16.2. The molecule has 0 spiro atoms. The fourth-order valence-corrected chi connectivity index (χ4v) is 5.37. The van der Waals surface area contributed by atoms with E-state index in [-0.39, 0.29) is 5.91 Å². The fraction of sp³-hybridized carbons (Fsp3) is 0.609. The van der Waals surface area contributed by atoms with Crippen LogP contribution in [0, 0.1) is 24.2 Å². The summed E-state index contributed by atoms with van der Waals surface area (Å²) in [4.78, 5) is 28.8. The quantitative estimate of drug-likeness (QED) is 0.788. The Morgan fingerprint density at radius 3 is 2.39 bits per heavy atom. The van der Waals surface area contributed by atoms with E-state index in [0.717, 1.165) is 51.1 Å². The van der Waals surface area contributed by atoms with Crippen molar-refractivity contribution in [3.63, 3.8) is 0 Å². The minimum Gasteiger partial charge on any atom is -0.366 e. The molecule has 0 bridgehead atoms. The van der Waals surface area contributed by atoms with E-state index < -0.39 is 0 Å². The number of hydrogen-bond acceptors (Lipinski definition) is 3. The first-order valence-electron chi connectivity index (χ1n) is 10.8. The first-order valence-corrected chi connectivity index (χ1v) is 10.8. The van der Waals surface area contributed by atoms with Crippen molar-refractivity contribution in [2.24, 2.45) is 23.5 Å². The number of nitrogens with two attached hydrogens (primary N) is 1. The Kier molecular flexibility index (Phi) is 6.00. The molecule has 1 aromatic carbocycles. The number of primary amides is 1.